The van der Waals surface area contributed by atoms with E-state index in [9.17, 15) is 59.0 Å². The molecule has 4 aromatic heterocycles. The molecule has 1 unspecified atom stereocenters. The number of pyridine rings is 2. The van der Waals surface area contributed by atoms with Crippen LogP contribution < -0.4 is 19.7 Å². The number of aromatic nitrogens is 6. The molecule has 0 radical (unpaired) electrons. The summed E-state index contributed by atoms with van der Waals surface area (Å²) in [5, 5.41) is 27.5. The number of imide groups is 1. The molecule has 0 fully saturated rings. The lowest BCUT2D eigenvalue weighted by Gasteiger charge is -2.34. The van der Waals surface area contributed by atoms with Crippen LogP contribution in [-0.4, -0.2) is 101 Å². The minimum absolute atomic E-state index is 0.0611. The zero-order valence-corrected chi connectivity index (χ0v) is 53.7. The number of alkyl halides is 12. The molecule has 2 N–H and O–H groups in total. The topological polar surface area (TPSA) is 255 Å². The number of aliphatic hydroxyl groups is 1. The Hall–Kier alpha value is -8.59. The van der Waals surface area contributed by atoms with Crippen LogP contribution in [0.5, 0.6) is 11.8 Å². The first-order valence-electron chi connectivity index (χ1n) is 29.7. The number of hydrogen-bond donors (Lipinski definition) is 2. The van der Waals surface area contributed by atoms with Crippen molar-refractivity contribution >= 4 is 29.7 Å². The summed E-state index contributed by atoms with van der Waals surface area (Å²) in [4.78, 5) is 47.7. The number of amides is 3. The van der Waals surface area contributed by atoms with Crippen molar-refractivity contribution in [2.24, 2.45) is 0 Å². The average molecular weight is 1380 g/mol. The summed E-state index contributed by atoms with van der Waals surface area (Å²) < 4.78 is 226. The van der Waals surface area contributed by atoms with Crippen LogP contribution in [-0.2, 0) is 60.5 Å². The van der Waals surface area contributed by atoms with Gasteiger partial charge in [-0.25, -0.2) is 24.4 Å². The Kier molecular flexibility index (Phi) is 22.6. The Labute approximate surface area is 542 Å². The normalized spacial score (nSPS) is 20.0. The molecule has 96 heavy (non-hydrogen) atoms. The third kappa shape index (κ3) is 19.1. The van der Waals surface area contributed by atoms with Crippen molar-refractivity contribution in [1.82, 2.24) is 30.4 Å². The highest BCUT2D eigenvalue weighted by Crippen LogP contribution is 2.51. The molecule has 0 saturated heterocycles. The van der Waals surface area contributed by atoms with E-state index in [2.05, 4.69) is 35.7 Å². The molecule has 8 bridgehead atoms. The molecular formula is C63H70F12N8O13. The number of carbonyl (C=O) groups excluding carboxylic acids is 3. The van der Waals surface area contributed by atoms with Gasteiger partial charge in [-0.05, 0) is 132 Å². The standard InChI is InChI=1S/C34H38F6N4O7.C29H32F6N4O6/c1-20-14-10-9-13-17-32(34(38,39)40,47-19-21-15-11-8-12-16-21)27-43-42-26(49-27)24-23(18-22(33(35,36)37)25(41-24)48-20)44(28(45)50-30(2,3)4)29(46)51-31(5,6)7;1-16-9-8-12-18(40)14-27(29(33,34)35,42-15-17-10-6-5-7-11-17)24-39-38-23(44-24)21-20(36-25(41)45-26(2,3)4)13-19(28(30,31)32)22(37-21)43-16/h8-9,11-13,15-16,18,20H,10,14,17,19H2,1-7H3;5-7,10-11,13,16,18,40H,8-9,12,14-15H2,1-4H3,(H,36,41)/t20-,32-;16-,18?,27-/m11/s1. The third-order valence-electron chi connectivity index (χ3n) is 13.7. The molecule has 524 valence electrons. The van der Waals surface area contributed by atoms with Crippen LogP contribution in [0.2, 0.25) is 0 Å². The number of nitrogens with zero attached hydrogens (tertiary/aromatic N) is 7. The molecule has 0 saturated carbocycles. The van der Waals surface area contributed by atoms with Gasteiger partial charge in [0.1, 0.15) is 27.9 Å². The van der Waals surface area contributed by atoms with Crippen LogP contribution in [0, 0.1) is 0 Å². The van der Waals surface area contributed by atoms with Crippen LogP contribution in [0.15, 0.2) is 93.8 Å². The monoisotopic (exact) mass is 1370 g/mol. The van der Waals surface area contributed by atoms with Crippen molar-refractivity contribution < 1.29 is 114 Å². The zero-order valence-electron chi connectivity index (χ0n) is 53.7. The molecule has 2 aliphatic heterocycles. The highest BCUT2D eigenvalue weighted by molar-refractivity contribution is 6.11. The number of carbonyl (C=O) groups is 3. The van der Waals surface area contributed by atoms with E-state index >= 15 is 13.2 Å². The Morgan fingerprint density at radius 2 is 1.03 bits per heavy atom. The quantitative estimate of drug-likeness (QED) is 0.0815. The van der Waals surface area contributed by atoms with Crippen LogP contribution in [0.4, 0.5) is 78.4 Å². The molecule has 2 aliphatic rings. The Bertz CT molecular complexity index is 3650. The van der Waals surface area contributed by atoms with E-state index in [4.69, 9.17) is 42.0 Å². The van der Waals surface area contributed by atoms with Gasteiger partial charge in [0.05, 0.1) is 42.9 Å². The zero-order chi connectivity index (χ0) is 71.2. The number of benzene rings is 2. The van der Waals surface area contributed by atoms with E-state index in [1.165, 1.54) is 100 Å². The second-order valence-corrected chi connectivity index (χ2v) is 25.3. The maximum absolute atomic E-state index is 15.2. The van der Waals surface area contributed by atoms with E-state index in [1.54, 1.807) is 48.5 Å². The van der Waals surface area contributed by atoms with Gasteiger partial charge in [0, 0.05) is 12.8 Å². The van der Waals surface area contributed by atoms with Crippen LogP contribution in [0.1, 0.15) is 155 Å². The third-order valence-corrected chi connectivity index (χ3v) is 13.7. The first kappa shape index (κ1) is 74.8. The summed E-state index contributed by atoms with van der Waals surface area (Å²) >= 11 is 0. The van der Waals surface area contributed by atoms with Crippen molar-refractivity contribution in [3.05, 3.63) is 119 Å². The molecule has 6 aromatic rings. The minimum atomic E-state index is -5.21. The molecule has 0 spiro atoms. The predicted octanol–water partition coefficient (Wildman–Crippen LogP) is 16.5. The van der Waals surface area contributed by atoms with Crippen molar-refractivity contribution in [1.29, 1.82) is 0 Å². The van der Waals surface area contributed by atoms with E-state index in [0.29, 0.717) is 23.3 Å². The summed E-state index contributed by atoms with van der Waals surface area (Å²) in [6.45, 7) is 14.9. The van der Waals surface area contributed by atoms with Gasteiger partial charge in [-0.3, -0.25) is 5.32 Å². The highest BCUT2D eigenvalue weighted by Gasteiger charge is 2.63. The SMILES string of the molecule is C[C@@H]1CCC=CC[C@](OCc2ccccc2)(C(F)(F)F)c2nnc(o2)-c2nc(c(C(F)(F)F)cc2N(C(=O)OC(C)(C)C)C(=O)OC(C)(C)C)O1.C[C@@H]1CCCC(O)C[C@](OCc2ccccc2)(C(F)(F)F)c2nnc(o2)-c2nc(c(C(F)(F)F)cc2NC(=O)OC(C)(C)C)O1. The smallest absolute Gasteiger partial charge is 0.426 e. The van der Waals surface area contributed by atoms with E-state index < -0.39 is 185 Å². The van der Waals surface area contributed by atoms with Gasteiger partial charge < -0.3 is 47.1 Å². The van der Waals surface area contributed by atoms with Crippen LogP contribution >= 0.6 is 0 Å². The fraction of sp³-hybridized carbons (Fsp3) is 0.508. The number of halogens is 12. The second kappa shape index (κ2) is 29.0. The summed E-state index contributed by atoms with van der Waals surface area (Å²) in [6, 6.07) is 16.8. The lowest BCUT2D eigenvalue weighted by molar-refractivity contribution is -0.305. The first-order valence-corrected chi connectivity index (χ1v) is 29.7. The lowest BCUT2D eigenvalue weighted by Crippen LogP contribution is -2.47. The summed E-state index contributed by atoms with van der Waals surface area (Å²) in [6.07, 6.45) is -27.4. The molecule has 6 heterocycles. The van der Waals surface area contributed by atoms with Crippen LogP contribution in [0.3, 0.4) is 0 Å². The molecule has 2 aromatic carbocycles. The van der Waals surface area contributed by atoms with Gasteiger partial charge in [0.15, 0.2) is 11.4 Å². The number of nitrogens with one attached hydrogen (secondary N) is 1. The summed E-state index contributed by atoms with van der Waals surface area (Å²) in [5.41, 5.74) is -15.4. The van der Waals surface area contributed by atoms with E-state index in [1.807, 2.05) is 0 Å². The maximum atomic E-state index is 15.2. The average Bonchev–Trinajstić information content (AvgIpc) is 1.47. The lowest BCUT2D eigenvalue weighted by atomic mass is 9.92. The predicted molar refractivity (Wildman–Crippen MR) is 315 cm³/mol. The van der Waals surface area contributed by atoms with E-state index in [-0.39, 0.29) is 37.0 Å². The maximum Gasteiger partial charge on any atom is 0.426 e. The fourth-order valence-electron chi connectivity index (χ4n) is 9.31. The number of hydrogen-bond acceptors (Lipinski definition) is 19. The van der Waals surface area contributed by atoms with Gasteiger partial charge in [0.2, 0.25) is 23.0 Å². The molecule has 33 heteroatoms. The number of anilines is 2. The second-order valence-electron chi connectivity index (χ2n) is 25.3. The number of fused-ring (bicyclic) bond motifs is 10. The molecule has 0 aliphatic carbocycles. The van der Waals surface area contributed by atoms with Crippen molar-refractivity contribution in [2.45, 2.75) is 205 Å². The van der Waals surface area contributed by atoms with Crippen LogP contribution in [0.25, 0.3) is 23.2 Å². The minimum Gasteiger partial charge on any atom is -0.474 e. The molecule has 8 rings (SSSR count). The van der Waals surface area contributed by atoms with Gasteiger partial charge >= 0.3 is 43.0 Å². The van der Waals surface area contributed by atoms with Gasteiger partial charge in [-0.1, -0.05) is 72.8 Å². The number of rotatable bonds is 8. The van der Waals surface area contributed by atoms with Crippen molar-refractivity contribution in [2.75, 3.05) is 10.2 Å². The molecule has 3 amide bonds. The van der Waals surface area contributed by atoms with Gasteiger partial charge in [0.25, 0.3) is 23.6 Å². The Morgan fingerprint density at radius 1 is 0.583 bits per heavy atom. The fourth-order valence-corrected chi connectivity index (χ4v) is 9.31. The summed E-state index contributed by atoms with van der Waals surface area (Å²) in [5.74, 6) is -5.89. The first-order chi connectivity index (χ1) is 44.4. The number of ether oxygens (including phenoxy) is 7. The Balaban J connectivity index is 0.000000273. The van der Waals surface area contributed by atoms with Crippen molar-refractivity contribution in [3.8, 4) is 34.9 Å². The molecule has 21 nitrogen and oxygen atoms in total. The number of allylic oxidation sites excluding steroid dienone is 1. The van der Waals surface area contributed by atoms with Gasteiger partial charge in [-0.15, -0.1) is 20.4 Å². The summed E-state index contributed by atoms with van der Waals surface area (Å²) in [7, 11) is 0. The molecule has 5 atom stereocenters. The molecular weight excluding hydrogens is 1300 g/mol. The highest BCUT2D eigenvalue weighted by atomic mass is 19.4. The Morgan fingerprint density at radius 3 is 1.51 bits per heavy atom. The van der Waals surface area contributed by atoms with Crippen molar-refractivity contribution in [3.63, 3.8) is 0 Å². The van der Waals surface area contributed by atoms with Gasteiger partial charge in [-0.2, -0.15) is 57.6 Å². The largest absolute Gasteiger partial charge is 0.474 e. The van der Waals surface area contributed by atoms with E-state index in [0.717, 1.165) is 0 Å². The number of aliphatic hydroxyl groups excluding tert-OH is 1.